The molecule has 0 amide bonds. The van der Waals surface area contributed by atoms with Crippen LogP contribution in [0.15, 0.2) is 29.1 Å². The van der Waals surface area contributed by atoms with E-state index < -0.39 is 0 Å². The lowest BCUT2D eigenvalue weighted by atomic mass is 10.1. The monoisotopic (exact) mass is 220 g/mol. The van der Waals surface area contributed by atoms with Gasteiger partial charge in [0.15, 0.2) is 0 Å². The van der Waals surface area contributed by atoms with Crippen molar-refractivity contribution in [3.8, 4) is 0 Å². The Bertz CT molecular complexity index is 457. The second-order valence-corrected chi connectivity index (χ2v) is 4.38. The van der Waals surface area contributed by atoms with Crippen LogP contribution in [0.2, 0.25) is 0 Å². The Morgan fingerprint density at radius 1 is 1.47 bits per heavy atom. The summed E-state index contributed by atoms with van der Waals surface area (Å²) in [4.78, 5) is 12.0. The van der Waals surface area contributed by atoms with Gasteiger partial charge in [0, 0.05) is 23.2 Å². The van der Waals surface area contributed by atoms with Crippen LogP contribution in [0.25, 0.3) is 0 Å². The molecule has 2 aromatic heterocycles. The molecule has 0 saturated carbocycles. The van der Waals surface area contributed by atoms with Crippen LogP contribution < -0.4 is 0 Å². The molecule has 15 heavy (non-hydrogen) atoms. The van der Waals surface area contributed by atoms with Crippen LogP contribution in [-0.4, -0.2) is 15.6 Å². The Labute approximate surface area is 92.4 Å². The smallest absolute Gasteiger partial charge is 0.211 e. The lowest BCUT2D eigenvalue weighted by molar-refractivity contribution is 0.102. The van der Waals surface area contributed by atoms with E-state index in [-0.39, 0.29) is 11.8 Å². The van der Waals surface area contributed by atoms with Crippen LogP contribution in [0.1, 0.15) is 35.9 Å². The van der Waals surface area contributed by atoms with Crippen molar-refractivity contribution < 1.29 is 4.79 Å². The Hall–Kier alpha value is -1.42. The number of aromatic nitrogens is 2. The molecular formula is C11H12N2OS. The molecule has 3 nitrogen and oxygen atoms in total. The number of carbonyl (C=O) groups excluding carboxylic acids is 1. The van der Waals surface area contributed by atoms with Crippen molar-refractivity contribution in [1.29, 1.82) is 0 Å². The minimum Gasteiger partial charge on any atom is -0.287 e. The average molecular weight is 220 g/mol. The standard InChI is InChI=1S/C11H12N2OS/c1-8(2)13-10(3-5-12-13)11(14)9-4-6-15-7-9/h3-8H,1-2H3. The van der Waals surface area contributed by atoms with Gasteiger partial charge in [0.1, 0.15) is 5.69 Å². The zero-order valence-corrected chi connectivity index (χ0v) is 9.49. The lowest BCUT2D eigenvalue weighted by Crippen LogP contribution is -2.12. The maximum Gasteiger partial charge on any atom is 0.211 e. The number of ketones is 1. The highest BCUT2D eigenvalue weighted by molar-refractivity contribution is 7.08. The van der Waals surface area contributed by atoms with Crippen LogP contribution in [0.4, 0.5) is 0 Å². The highest BCUT2D eigenvalue weighted by atomic mass is 32.1. The first-order chi connectivity index (χ1) is 7.20. The lowest BCUT2D eigenvalue weighted by Gasteiger charge is -2.09. The molecule has 2 aromatic rings. The Morgan fingerprint density at radius 2 is 2.27 bits per heavy atom. The van der Waals surface area contributed by atoms with Gasteiger partial charge < -0.3 is 0 Å². The van der Waals surface area contributed by atoms with E-state index in [0.29, 0.717) is 5.69 Å². The fourth-order valence-corrected chi connectivity index (χ4v) is 2.08. The first-order valence-corrected chi connectivity index (χ1v) is 5.75. The third kappa shape index (κ3) is 1.85. The maximum atomic E-state index is 12.0. The van der Waals surface area contributed by atoms with Crippen molar-refractivity contribution in [3.63, 3.8) is 0 Å². The van der Waals surface area contributed by atoms with Gasteiger partial charge in [0.05, 0.1) is 0 Å². The van der Waals surface area contributed by atoms with E-state index in [1.54, 1.807) is 16.9 Å². The Balaban J connectivity index is 2.38. The van der Waals surface area contributed by atoms with Crippen LogP contribution in [-0.2, 0) is 0 Å². The van der Waals surface area contributed by atoms with Crippen molar-refractivity contribution in [1.82, 2.24) is 9.78 Å². The fourth-order valence-electron chi connectivity index (χ4n) is 1.45. The van der Waals surface area contributed by atoms with E-state index in [2.05, 4.69) is 5.10 Å². The second kappa shape index (κ2) is 3.98. The van der Waals surface area contributed by atoms with Gasteiger partial charge in [-0.15, -0.1) is 0 Å². The molecule has 0 aromatic carbocycles. The number of nitrogens with zero attached hydrogens (tertiary/aromatic N) is 2. The molecule has 0 spiro atoms. The van der Waals surface area contributed by atoms with E-state index in [9.17, 15) is 4.79 Å². The fraction of sp³-hybridized carbons (Fsp3) is 0.273. The summed E-state index contributed by atoms with van der Waals surface area (Å²) in [6.45, 7) is 4.02. The highest BCUT2D eigenvalue weighted by Gasteiger charge is 2.15. The molecule has 0 N–H and O–H groups in total. The number of thiophene rings is 1. The number of hydrogen-bond acceptors (Lipinski definition) is 3. The van der Waals surface area contributed by atoms with Gasteiger partial charge >= 0.3 is 0 Å². The van der Waals surface area contributed by atoms with Gasteiger partial charge in [0.25, 0.3) is 0 Å². The largest absolute Gasteiger partial charge is 0.287 e. The topological polar surface area (TPSA) is 34.9 Å². The predicted octanol–water partition coefficient (Wildman–Crippen LogP) is 2.76. The highest BCUT2D eigenvalue weighted by Crippen LogP contribution is 2.15. The van der Waals surface area contributed by atoms with Gasteiger partial charge in [-0.05, 0) is 31.4 Å². The normalized spacial score (nSPS) is 10.9. The summed E-state index contributed by atoms with van der Waals surface area (Å²) in [5.74, 6) is 0.0439. The molecule has 0 aliphatic heterocycles. The van der Waals surface area contributed by atoms with Crippen LogP contribution in [0.3, 0.4) is 0 Å². The summed E-state index contributed by atoms with van der Waals surface area (Å²) in [5.41, 5.74) is 1.39. The average Bonchev–Trinajstić information content (AvgIpc) is 2.88. The first kappa shape index (κ1) is 10.1. The molecule has 2 heterocycles. The molecule has 0 aliphatic rings. The molecule has 0 unspecified atom stereocenters. The maximum absolute atomic E-state index is 12.0. The third-order valence-corrected chi connectivity index (χ3v) is 2.86. The molecule has 4 heteroatoms. The minimum absolute atomic E-state index is 0.0439. The van der Waals surface area contributed by atoms with Crippen LogP contribution >= 0.6 is 11.3 Å². The molecular weight excluding hydrogens is 208 g/mol. The van der Waals surface area contributed by atoms with Gasteiger partial charge in [-0.25, -0.2) is 0 Å². The molecule has 0 bridgehead atoms. The van der Waals surface area contributed by atoms with E-state index in [1.807, 2.05) is 30.7 Å². The van der Waals surface area contributed by atoms with Gasteiger partial charge in [-0.1, -0.05) is 0 Å². The summed E-state index contributed by atoms with van der Waals surface area (Å²) < 4.78 is 1.75. The quantitative estimate of drug-likeness (QED) is 0.745. The van der Waals surface area contributed by atoms with Crippen LogP contribution in [0, 0.1) is 0 Å². The SMILES string of the molecule is CC(C)n1nccc1C(=O)c1ccsc1. The summed E-state index contributed by atoms with van der Waals surface area (Å²) in [6, 6.07) is 3.81. The summed E-state index contributed by atoms with van der Waals surface area (Å²) in [6.07, 6.45) is 1.67. The van der Waals surface area contributed by atoms with Crippen molar-refractivity contribution in [2.24, 2.45) is 0 Å². The van der Waals surface area contributed by atoms with E-state index >= 15 is 0 Å². The molecule has 2 rings (SSSR count). The summed E-state index contributed by atoms with van der Waals surface area (Å²) in [5, 5.41) is 7.91. The molecule has 0 atom stereocenters. The predicted molar refractivity (Wildman–Crippen MR) is 60.4 cm³/mol. The van der Waals surface area contributed by atoms with Crippen molar-refractivity contribution in [2.45, 2.75) is 19.9 Å². The third-order valence-electron chi connectivity index (χ3n) is 2.18. The Morgan fingerprint density at radius 3 is 2.87 bits per heavy atom. The van der Waals surface area contributed by atoms with Crippen molar-refractivity contribution >= 4 is 17.1 Å². The first-order valence-electron chi connectivity index (χ1n) is 4.80. The zero-order valence-electron chi connectivity index (χ0n) is 8.68. The van der Waals surface area contributed by atoms with Crippen LogP contribution in [0.5, 0.6) is 0 Å². The number of rotatable bonds is 3. The van der Waals surface area contributed by atoms with Gasteiger partial charge in [0.2, 0.25) is 5.78 Å². The van der Waals surface area contributed by atoms with E-state index in [1.165, 1.54) is 11.3 Å². The van der Waals surface area contributed by atoms with E-state index in [4.69, 9.17) is 0 Å². The molecule has 78 valence electrons. The summed E-state index contributed by atoms with van der Waals surface area (Å²) >= 11 is 1.53. The molecule has 0 aliphatic carbocycles. The zero-order chi connectivity index (χ0) is 10.8. The Kier molecular flexibility index (Phi) is 2.68. The van der Waals surface area contributed by atoms with Gasteiger partial charge in [-0.2, -0.15) is 16.4 Å². The summed E-state index contributed by atoms with van der Waals surface area (Å²) in [7, 11) is 0. The number of hydrogen-bond donors (Lipinski definition) is 0. The second-order valence-electron chi connectivity index (χ2n) is 3.60. The molecule has 0 saturated heterocycles. The minimum atomic E-state index is 0.0439. The molecule has 0 radical (unpaired) electrons. The van der Waals surface area contributed by atoms with Crippen molar-refractivity contribution in [2.75, 3.05) is 0 Å². The molecule has 0 fully saturated rings. The number of carbonyl (C=O) groups is 1. The van der Waals surface area contributed by atoms with Gasteiger partial charge in [-0.3, -0.25) is 9.48 Å². The van der Waals surface area contributed by atoms with Crippen molar-refractivity contribution in [3.05, 3.63) is 40.3 Å². The van der Waals surface area contributed by atoms with E-state index in [0.717, 1.165) is 5.56 Å².